The lowest BCUT2D eigenvalue weighted by atomic mass is 10.2. The van der Waals surface area contributed by atoms with Crippen LogP contribution in [0.5, 0.6) is 11.5 Å². The van der Waals surface area contributed by atoms with Crippen LogP contribution in [0, 0.1) is 0 Å². The maximum Gasteiger partial charge on any atom is 0.235 e. The molecule has 9 heteroatoms. The number of benzene rings is 2. The molecule has 0 aliphatic carbocycles. The van der Waals surface area contributed by atoms with Gasteiger partial charge in [0.2, 0.25) is 22.7 Å². The second kappa shape index (κ2) is 8.28. The molecule has 144 valence electrons. The van der Waals surface area contributed by atoms with Gasteiger partial charge in [0, 0.05) is 17.6 Å². The Bertz CT molecular complexity index is 931. The summed E-state index contributed by atoms with van der Waals surface area (Å²) in [5.41, 5.74) is 1.64. The SMILES string of the molecule is CS(=O)(=O)N(CC(=O)NCc1ccc2c(c1)OCO2)Cc1ccc(Br)cc1. The summed E-state index contributed by atoms with van der Waals surface area (Å²) in [5.74, 6) is 0.924. The van der Waals surface area contributed by atoms with E-state index < -0.39 is 10.0 Å². The fraction of sp³-hybridized carbons (Fsp3) is 0.278. The summed E-state index contributed by atoms with van der Waals surface area (Å²) in [5, 5.41) is 2.74. The van der Waals surface area contributed by atoms with Gasteiger partial charge in [-0.1, -0.05) is 34.1 Å². The molecule has 0 spiro atoms. The van der Waals surface area contributed by atoms with E-state index >= 15 is 0 Å². The standard InChI is InChI=1S/C18H19BrN2O5S/c1-27(23,24)21(10-13-2-5-15(19)6-3-13)11-18(22)20-9-14-4-7-16-17(8-14)26-12-25-16/h2-8H,9-12H2,1H3,(H,20,22). The molecule has 0 bridgehead atoms. The first-order valence-electron chi connectivity index (χ1n) is 8.16. The highest BCUT2D eigenvalue weighted by molar-refractivity contribution is 9.10. The van der Waals surface area contributed by atoms with Crippen molar-refractivity contribution in [1.82, 2.24) is 9.62 Å². The predicted molar refractivity (Wildman–Crippen MR) is 104 cm³/mol. The van der Waals surface area contributed by atoms with Gasteiger partial charge >= 0.3 is 0 Å². The fourth-order valence-corrected chi connectivity index (χ4v) is 3.55. The summed E-state index contributed by atoms with van der Waals surface area (Å²) in [6, 6.07) is 12.7. The Morgan fingerprint density at radius 2 is 1.78 bits per heavy atom. The second-order valence-corrected chi connectivity index (χ2v) is 9.02. The molecule has 0 radical (unpaired) electrons. The number of nitrogens with zero attached hydrogens (tertiary/aromatic N) is 1. The van der Waals surface area contributed by atoms with Crippen LogP contribution >= 0.6 is 15.9 Å². The van der Waals surface area contributed by atoms with Crippen molar-refractivity contribution in [3.8, 4) is 11.5 Å². The van der Waals surface area contributed by atoms with Crippen molar-refractivity contribution >= 4 is 31.9 Å². The molecule has 3 rings (SSSR count). The third-order valence-corrected chi connectivity index (χ3v) is 5.71. The highest BCUT2D eigenvalue weighted by Gasteiger charge is 2.21. The molecule has 0 saturated heterocycles. The van der Waals surface area contributed by atoms with Crippen LogP contribution in [-0.4, -0.2) is 38.2 Å². The molecule has 7 nitrogen and oxygen atoms in total. The van der Waals surface area contributed by atoms with Gasteiger partial charge in [0.25, 0.3) is 0 Å². The van der Waals surface area contributed by atoms with Gasteiger partial charge in [-0.15, -0.1) is 0 Å². The normalized spacial score (nSPS) is 13.0. The summed E-state index contributed by atoms with van der Waals surface area (Å²) >= 11 is 3.34. The molecule has 0 atom stereocenters. The molecule has 0 aromatic heterocycles. The van der Waals surface area contributed by atoms with Crippen molar-refractivity contribution in [2.24, 2.45) is 0 Å². The van der Waals surface area contributed by atoms with Crippen LogP contribution in [0.1, 0.15) is 11.1 Å². The van der Waals surface area contributed by atoms with Gasteiger partial charge in [-0.05, 0) is 35.4 Å². The highest BCUT2D eigenvalue weighted by Crippen LogP contribution is 2.32. The Hall–Kier alpha value is -2.10. The van der Waals surface area contributed by atoms with Crippen LogP contribution in [0.25, 0.3) is 0 Å². The Kier molecular flexibility index (Phi) is 6.03. The number of amides is 1. The first-order valence-corrected chi connectivity index (χ1v) is 10.8. The van der Waals surface area contributed by atoms with Gasteiger partial charge < -0.3 is 14.8 Å². The third kappa shape index (κ3) is 5.44. The van der Waals surface area contributed by atoms with Gasteiger partial charge in [0.15, 0.2) is 11.5 Å². The van der Waals surface area contributed by atoms with Gasteiger partial charge in [-0.3, -0.25) is 4.79 Å². The van der Waals surface area contributed by atoms with Crippen LogP contribution in [0.3, 0.4) is 0 Å². The quantitative estimate of drug-likeness (QED) is 0.693. The minimum absolute atomic E-state index is 0.129. The van der Waals surface area contributed by atoms with E-state index in [4.69, 9.17) is 9.47 Å². The number of hydrogen-bond donors (Lipinski definition) is 1. The van der Waals surface area contributed by atoms with Crippen molar-refractivity contribution in [1.29, 1.82) is 0 Å². The lowest BCUT2D eigenvalue weighted by molar-refractivity contribution is -0.121. The van der Waals surface area contributed by atoms with Gasteiger partial charge in [0.1, 0.15) is 0 Å². The van der Waals surface area contributed by atoms with Crippen LogP contribution in [0.15, 0.2) is 46.9 Å². The van der Waals surface area contributed by atoms with E-state index in [1.807, 2.05) is 30.3 Å². The van der Waals surface area contributed by atoms with Crippen LogP contribution in [0.2, 0.25) is 0 Å². The number of hydrogen-bond acceptors (Lipinski definition) is 5. The Labute approximate surface area is 166 Å². The fourth-order valence-electron chi connectivity index (χ4n) is 2.55. The van der Waals surface area contributed by atoms with Crippen molar-refractivity contribution in [3.05, 3.63) is 58.1 Å². The number of sulfonamides is 1. The van der Waals surface area contributed by atoms with E-state index in [9.17, 15) is 13.2 Å². The average molecular weight is 455 g/mol. The lowest BCUT2D eigenvalue weighted by Gasteiger charge is -2.19. The monoisotopic (exact) mass is 454 g/mol. The van der Waals surface area contributed by atoms with Gasteiger partial charge in [0.05, 0.1) is 12.8 Å². The highest BCUT2D eigenvalue weighted by atomic mass is 79.9. The minimum Gasteiger partial charge on any atom is -0.454 e. The van der Waals surface area contributed by atoms with E-state index in [0.29, 0.717) is 11.5 Å². The molecule has 0 saturated carbocycles. The summed E-state index contributed by atoms with van der Waals surface area (Å²) in [7, 11) is -3.54. The summed E-state index contributed by atoms with van der Waals surface area (Å²) in [6.45, 7) is 0.332. The minimum atomic E-state index is -3.54. The molecule has 27 heavy (non-hydrogen) atoms. The summed E-state index contributed by atoms with van der Waals surface area (Å²) < 4.78 is 36.7. The zero-order chi connectivity index (χ0) is 19.4. The lowest BCUT2D eigenvalue weighted by Crippen LogP contribution is -2.39. The molecule has 2 aromatic rings. The van der Waals surface area contributed by atoms with E-state index in [1.54, 1.807) is 12.1 Å². The van der Waals surface area contributed by atoms with Gasteiger partial charge in [-0.25, -0.2) is 8.42 Å². The van der Waals surface area contributed by atoms with Crippen molar-refractivity contribution in [2.75, 3.05) is 19.6 Å². The van der Waals surface area contributed by atoms with Crippen LogP contribution in [-0.2, 0) is 27.9 Å². The molecular formula is C18H19BrN2O5S. The Morgan fingerprint density at radius 1 is 1.11 bits per heavy atom. The van der Waals surface area contributed by atoms with E-state index in [1.165, 1.54) is 0 Å². The molecule has 1 aliphatic heterocycles. The molecular weight excluding hydrogens is 436 g/mol. The van der Waals surface area contributed by atoms with E-state index in [2.05, 4.69) is 21.2 Å². The largest absolute Gasteiger partial charge is 0.454 e. The topological polar surface area (TPSA) is 84.9 Å². The summed E-state index contributed by atoms with van der Waals surface area (Å²) in [4.78, 5) is 12.3. The number of halogens is 1. The van der Waals surface area contributed by atoms with Gasteiger partial charge in [-0.2, -0.15) is 4.31 Å². The molecule has 1 amide bonds. The average Bonchev–Trinajstić information content (AvgIpc) is 3.08. The maximum absolute atomic E-state index is 12.3. The molecule has 2 aromatic carbocycles. The Morgan fingerprint density at radius 3 is 2.48 bits per heavy atom. The predicted octanol–water partition coefficient (Wildman–Crippen LogP) is 2.26. The Balaban J connectivity index is 1.60. The zero-order valence-electron chi connectivity index (χ0n) is 14.6. The van der Waals surface area contributed by atoms with Crippen molar-refractivity contribution in [2.45, 2.75) is 13.1 Å². The first-order chi connectivity index (χ1) is 12.8. The number of ether oxygens (including phenoxy) is 2. The first kappa shape index (κ1) is 19.7. The smallest absolute Gasteiger partial charge is 0.235 e. The number of fused-ring (bicyclic) bond motifs is 1. The molecule has 1 N–H and O–H groups in total. The van der Waals surface area contributed by atoms with Crippen LogP contribution in [0.4, 0.5) is 0 Å². The molecule has 1 heterocycles. The molecule has 0 fully saturated rings. The zero-order valence-corrected chi connectivity index (χ0v) is 17.0. The molecule has 1 aliphatic rings. The second-order valence-electron chi connectivity index (χ2n) is 6.12. The van der Waals surface area contributed by atoms with Crippen molar-refractivity contribution in [3.63, 3.8) is 0 Å². The number of carbonyl (C=O) groups is 1. The van der Waals surface area contributed by atoms with E-state index in [0.717, 1.165) is 26.2 Å². The van der Waals surface area contributed by atoms with E-state index in [-0.39, 0.29) is 32.3 Å². The number of carbonyl (C=O) groups excluding carboxylic acids is 1. The van der Waals surface area contributed by atoms with Crippen molar-refractivity contribution < 1.29 is 22.7 Å². The molecule has 0 unspecified atom stereocenters. The van der Waals surface area contributed by atoms with Crippen LogP contribution < -0.4 is 14.8 Å². The maximum atomic E-state index is 12.3. The summed E-state index contributed by atoms with van der Waals surface area (Å²) in [6.07, 6.45) is 1.09. The third-order valence-electron chi connectivity index (χ3n) is 3.99. The number of nitrogens with one attached hydrogen (secondary N) is 1. The number of rotatable bonds is 7.